The van der Waals surface area contributed by atoms with Crippen LogP contribution < -0.4 is 5.73 Å². The van der Waals surface area contributed by atoms with E-state index in [1.54, 1.807) is 0 Å². The van der Waals surface area contributed by atoms with Gasteiger partial charge >= 0.3 is 5.97 Å². The summed E-state index contributed by atoms with van der Waals surface area (Å²) in [5.41, 5.74) is 5.56. The Labute approximate surface area is 68.7 Å². The van der Waals surface area contributed by atoms with E-state index in [4.69, 9.17) is 10.8 Å². The van der Waals surface area contributed by atoms with Crippen LogP contribution in [-0.4, -0.2) is 21.0 Å². The second-order valence-electron chi connectivity index (χ2n) is 1.65. The first-order chi connectivity index (χ1) is 4.70. The van der Waals surface area contributed by atoms with Crippen molar-refractivity contribution >= 4 is 24.1 Å². The molecule has 1 aromatic heterocycles. The number of aromatic nitrogens is 2. The molecule has 1 aromatic rings. The summed E-state index contributed by atoms with van der Waals surface area (Å²) in [6, 6.07) is 0. The van der Waals surface area contributed by atoms with Crippen LogP contribution in [0.1, 0.15) is 10.6 Å². The number of carbonyl (C=O) groups is 1. The first-order valence-electron chi connectivity index (χ1n) is 2.51. The quantitative estimate of drug-likeness (QED) is 0.636. The number of anilines is 1. The van der Waals surface area contributed by atoms with Crippen molar-refractivity contribution in [3.8, 4) is 0 Å². The Morgan fingerprint density at radius 2 is 1.91 bits per heavy atom. The minimum absolute atomic E-state index is 0. The number of carboxylic acids is 1. The fourth-order valence-corrected chi connectivity index (χ4v) is 0.448. The highest BCUT2D eigenvalue weighted by Gasteiger charge is 2.03. The molecule has 1 rings (SSSR count). The Balaban J connectivity index is 0.000001000. The predicted octanol–water partition coefficient (Wildman–Crippen LogP) is 0.179. The third kappa shape index (κ3) is 2.38. The molecule has 0 unspecified atom stereocenters. The van der Waals surface area contributed by atoms with Gasteiger partial charge in [0.1, 0.15) is 0 Å². The zero-order valence-electron chi connectivity index (χ0n) is 5.39. The number of nitrogens with two attached hydrogens (primary N) is 1. The van der Waals surface area contributed by atoms with Gasteiger partial charge in [-0.25, -0.2) is 14.8 Å². The molecule has 1 heterocycles. The van der Waals surface area contributed by atoms with Gasteiger partial charge in [-0.05, 0) is 0 Å². The monoisotopic (exact) mass is 175 g/mol. The molecule has 0 atom stereocenters. The SMILES string of the molecule is Cl.Nc1cnc(C(=O)O)nc1. The number of halogens is 1. The summed E-state index contributed by atoms with van der Waals surface area (Å²) in [5, 5.41) is 8.31. The number of nitrogens with zero attached hydrogens (tertiary/aromatic N) is 2. The highest BCUT2D eigenvalue weighted by molar-refractivity contribution is 5.85. The molecule has 6 heteroatoms. The van der Waals surface area contributed by atoms with Crippen molar-refractivity contribution in [2.24, 2.45) is 0 Å². The molecule has 0 saturated heterocycles. The third-order valence-corrected chi connectivity index (χ3v) is 0.863. The summed E-state index contributed by atoms with van der Waals surface area (Å²) in [4.78, 5) is 17.0. The third-order valence-electron chi connectivity index (χ3n) is 0.863. The van der Waals surface area contributed by atoms with Crippen molar-refractivity contribution in [3.63, 3.8) is 0 Å². The molecule has 3 N–H and O–H groups in total. The number of rotatable bonds is 1. The van der Waals surface area contributed by atoms with E-state index in [-0.39, 0.29) is 18.2 Å². The van der Waals surface area contributed by atoms with Crippen molar-refractivity contribution in [1.82, 2.24) is 9.97 Å². The van der Waals surface area contributed by atoms with Crippen LogP contribution >= 0.6 is 12.4 Å². The summed E-state index contributed by atoms with van der Waals surface area (Å²) in [6.07, 6.45) is 2.49. The Bertz CT molecular complexity index is 248. The van der Waals surface area contributed by atoms with E-state index in [2.05, 4.69) is 9.97 Å². The van der Waals surface area contributed by atoms with Crippen molar-refractivity contribution in [3.05, 3.63) is 18.2 Å². The fourth-order valence-electron chi connectivity index (χ4n) is 0.448. The summed E-state index contributed by atoms with van der Waals surface area (Å²) in [7, 11) is 0. The minimum Gasteiger partial charge on any atom is -0.475 e. The normalized spacial score (nSPS) is 8.36. The molecule has 11 heavy (non-hydrogen) atoms. The first kappa shape index (κ1) is 9.64. The van der Waals surface area contributed by atoms with Crippen LogP contribution in [0.3, 0.4) is 0 Å². The molecule has 0 aliphatic rings. The topological polar surface area (TPSA) is 89.1 Å². The zero-order chi connectivity index (χ0) is 7.56. The second-order valence-corrected chi connectivity index (χ2v) is 1.65. The van der Waals surface area contributed by atoms with E-state index in [0.29, 0.717) is 5.69 Å². The highest BCUT2D eigenvalue weighted by atomic mass is 35.5. The molecule has 0 spiro atoms. The lowest BCUT2D eigenvalue weighted by atomic mass is 10.5. The smallest absolute Gasteiger partial charge is 0.373 e. The molecule has 0 radical (unpaired) electrons. The van der Waals surface area contributed by atoms with E-state index in [1.807, 2.05) is 0 Å². The summed E-state index contributed by atoms with van der Waals surface area (Å²) >= 11 is 0. The maximum atomic E-state index is 10.1. The molecule has 0 bridgehead atoms. The first-order valence-corrected chi connectivity index (χ1v) is 2.51. The Kier molecular flexibility index (Phi) is 3.26. The van der Waals surface area contributed by atoms with Crippen LogP contribution in [0.2, 0.25) is 0 Å². The molecular formula is C5H6ClN3O2. The predicted molar refractivity (Wildman–Crippen MR) is 40.7 cm³/mol. The molecule has 0 saturated carbocycles. The molecular weight excluding hydrogens is 170 g/mol. The van der Waals surface area contributed by atoms with Crippen molar-refractivity contribution in [1.29, 1.82) is 0 Å². The van der Waals surface area contributed by atoms with Gasteiger partial charge in [0.2, 0.25) is 5.82 Å². The van der Waals surface area contributed by atoms with Gasteiger partial charge in [-0.1, -0.05) is 0 Å². The Hall–Kier alpha value is -1.36. The molecule has 0 aliphatic heterocycles. The number of hydrogen-bond acceptors (Lipinski definition) is 4. The summed E-state index contributed by atoms with van der Waals surface area (Å²) in [5.74, 6) is -1.39. The van der Waals surface area contributed by atoms with E-state index >= 15 is 0 Å². The van der Waals surface area contributed by atoms with Gasteiger partial charge in [-0.15, -0.1) is 12.4 Å². The van der Waals surface area contributed by atoms with Gasteiger partial charge in [0.25, 0.3) is 0 Å². The van der Waals surface area contributed by atoms with Crippen LogP contribution in [0.4, 0.5) is 5.69 Å². The van der Waals surface area contributed by atoms with E-state index < -0.39 is 5.97 Å². The van der Waals surface area contributed by atoms with Gasteiger partial charge in [0.05, 0.1) is 18.1 Å². The lowest BCUT2D eigenvalue weighted by molar-refractivity contribution is 0.0683. The Morgan fingerprint density at radius 3 is 2.27 bits per heavy atom. The average Bonchev–Trinajstić information content (AvgIpc) is 1.88. The average molecular weight is 176 g/mol. The number of aromatic carboxylic acids is 1. The molecule has 0 amide bonds. The van der Waals surface area contributed by atoms with Gasteiger partial charge in [-0.3, -0.25) is 0 Å². The van der Waals surface area contributed by atoms with Gasteiger partial charge in [0.15, 0.2) is 0 Å². The van der Waals surface area contributed by atoms with Crippen LogP contribution in [-0.2, 0) is 0 Å². The summed E-state index contributed by atoms with van der Waals surface area (Å²) in [6.45, 7) is 0. The lowest BCUT2D eigenvalue weighted by Crippen LogP contribution is -2.03. The minimum atomic E-state index is -1.15. The second kappa shape index (κ2) is 3.72. The van der Waals surface area contributed by atoms with Crippen LogP contribution in [0.5, 0.6) is 0 Å². The largest absolute Gasteiger partial charge is 0.475 e. The van der Waals surface area contributed by atoms with Crippen molar-refractivity contribution in [2.75, 3.05) is 5.73 Å². The maximum Gasteiger partial charge on any atom is 0.373 e. The number of carboxylic acid groups (broad SMARTS) is 1. The lowest BCUT2D eigenvalue weighted by Gasteiger charge is -1.91. The zero-order valence-corrected chi connectivity index (χ0v) is 6.21. The van der Waals surface area contributed by atoms with Crippen LogP contribution in [0.25, 0.3) is 0 Å². The molecule has 60 valence electrons. The van der Waals surface area contributed by atoms with Crippen LogP contribution in [0.15, 0.2) is 12.4 Å². The van der Waals surface area contributed by atoms with Crippen molar-refractivity contribution in [2.45, 2.75) is 0 Å². The molecule has 0 fully saturated rings. The van der Waals surface area contributed by atoms with E-state index in [9.17, 15) is 4.79 Å². The van der Waals surface area contributed by atoms with Gasteiger partial charge in [-0.2, -0.15) is 0 Å². The van der Waals surface area contributed by atoms with Crippen molar-refractivity contribution < 1.29 is 9.90 Å². The highest BCUT2D eigenvalue weighted by Crippen LogP contribution is 1.94. The van der Waals surface area contributed by atoms with E-state index in [1.165, 1.54) is 12.4 Å². The standard InChI is InChI=1S/C5H5N3O2.ClH/c6-3-1-7-4(5(9)10)8-2-3;/h1-2H,6H2,(H,9,10);1H. The molecule has 5 nitrogen and oxygen atoms in total. The number of hydrogen-bond donors (Lipinski definition) is 2. The Morgan fingerprint density at radius 1 is 1.45 bits per heavy atom. The van der Waals surface area contributed by atoms with Gasteiger partial charge < -0.3 is 10.8 Å². The number of nitrogen functional groups attached to an aromatic ring is 1. The van der Waals surface area contributed by atoms with Crippen LogP contribution in [0, 0.1) is 0 Å². The molecule has 0 aliphatic carbocycles. The maximum absolute atomic E-state index is 10.1. The van der Waals surface area contributed by atoms with E-state index in [0.717, 1.165) is 0 Å². The fraction of sp³-hybridized carbons (Fsp3) is 0. The summed E-state index contributed by atoms with van der Waals surface area (Å²) < 4.78 is 0. The molecule has 0 aromatic carbocycles. The van der Waals surface area contributed by atoms with Gasteiger partial charge in [0, 0.05) is 0 Å².